The number of piperidine rings is 1. The quantitative estimate of drug-likeness (QED) is 0.864. The van der Waals surface area contributed by atoms with E-state index in [4.69, 9.17) is 5.11 Å². The van der Waals surface area contributed by atoms with E-state index in [1.165, 1.54) is 4.88 Å². The molecule has 2 aliphatic rings. The summed E-state index contributed by atoms with van der Waals surface area (Å²) in [7, 11) is 0. The maximum Gasteiger partial charge on any atom is 0.320 e. The summed E-state index contributed by atoms with van der Waals surface area (Å²) >= 11 is 1.75. The molecule has 2 aliphatic heterocycles. The van der Waals surface area contributed by atoms with Gasteiger partial charge in [0.25, 0.3) is 0 Å². The summed E-state index contributed by atoms with van der Waals surface area (Å²) in [5.41, 5.74) is 0.0802. The molecule has 0 aliphatic carbocycles. The number of carboxylic acids is 1. The van der Waals surface area contributed by atoms with Gasteiger partial charge in [-0.1, -0.05) is 6.07 Å². The van der Waals surface area contributed by atoms with Crippen molar-refractivity contribution in [3.8, 4) is 0 Å². The average Bonchev–Trinajstić information content (AvgIpc) is 3.18. The van der Waals surface area contributed by atoms with Crippen LogP contribution in [0.15, 0.2) is 17.5 Å². The molecule has 0 bridgehead atoms. The summed E-state index contributed by atoms with van der Waals surface area (Å²) < 4.78 is 0. The zero-order valence-corrected chi connectivity index (χ0v) is 14.1. The lowest BCUT2D eigenvalue weighted by molar-refractivity contribution is -0.139. The number of carboxylic acid groups (broad SMARTS) is 1. The van der Waals surface area contributed by atoms with Crippen molar-refractivity contribution in [3.63, 3.8) is 0 Å². The summed E-state index contributed by atoms with van der Waals surface area (Å²) in [4.78, 5) is 26.7. The van der Waals surface area contributed by atoms with Gasteiger partial charge in [-0.15, -0.1) is 11.3 Å². The number of thiophene rings is 1. The highest BCUT2D eigenvalue weighted by Gasteiger charge is 2.43. The van der Waals surface area contributed by atoms with Crippen LogP contribution in [0.25, 0.3) is 0 Å². The second-order valence-corrected chi connectivity index (χ2v) is 7.82. The number of aryl methyl sites for hydroxylation is 1. The van der Waals surface area contributed by atoms with E-state index in [1.807, 2.05) is 11.0 Å². The SMILES string of the molecule is O=C(O)[C@@H]1CC2(CCN(C(=O)CCCc3cccs3)CC2)CN1. The first-order valence-electron chi connectivity index (χ1n) is 8.34. The van der Waals surface area contributed by atoms with E-state index in [0.29, 0.717) is 12.8 Å². The number of amides is 1. The number of rotatable bonds is 5. The molecule has 3 heterocycles. The Morgan fingerprint density at radius 1 is 1.39 bits per heavy atom. The van der Waals surface area contributed by atoms with Gasteiger partial charge in [-0.2, -0.15) is 0 Å². The number of nitrogens with zero attached hydrogens (tertiary/aromatic N) is 1. The highest BCUT2D eigenvalue weighted by Crippen LogP contribution is 2.39. The lowest BCUT2D eigenvalue weighted by atomic mass is 9.76. The Bertz CT molecular complexity index is 550. The molecule has 3 rings (SSSR count). The van der Waals surface area contributed by atoms with Crippen molar-refractivity contribution in [2.45, 2.75) is 44.6 Å². The highest BCUT2D eigenvalue weighted by atomic mass is 32.1. The molecule has 0 saturated carbocycles. The third-order valence-corrected chi connectivity index (χ3v) is 6.17. The van der Waals surface area contributed by atoms with Crippen LogP contribution in [-0.2, 0) is 16.0 Å². The van der Waals surface area contributed by atoms with Crippen molar-refractivity contribution in [1.82, 2.24) is 10.2 Å². The molecule has 5 nitrogen and oxygen atoms in total. The third-order valence-electron chi connectivity index (χ3n) is 5.23. The highest BCUT2D eigenvalue weighted by molar-refractivity contribution is 7.09. The number of aliphatic carboxylic acids is 1. The van der Waals surface area contributed by atoms with Gasteiger partial charge >= 0.3 is 5.97 Å². The minimum atomic E-state index is -0.756. The molecule has 2 fully saturated rings. The summed E-state index contributed by atoms with van der Waals surface area (Å²) in [6.45, 7) is 2.31. The number of likely N-dealkylation sites (tertiary alicyclic amines) is 1. The fraction of sp³-hybridized carbons (Fsp3) is 0.647. The van der Waals surface area contributed by atoms with E-state index in [-0.39, 0.29) is 11.3 Å². The van der Waals surface area contributed by atoms with Gasteiger partial charge in [-0.3, -0.25) is 9.59 Å². The maximum atomic E-state index is 12.3. The number of hydrogen-bond donors (Lipinski definition) is 2. The summed E-state index contributed by atoms with van der Waals surface area (Å²) in [5, 5.41) is 14.3. The van der Waals surface area contributed by atoms with Gasteiger partial charge in [0.15, 0.2) is 0 Å². The Morgan fingerprint density at radius 3 is 2.78 bits per heavy atom. The number of nitrogens with one attached hydrogen (secondary N) is 1. The smallest absolute Gasteiger partial charge is 0.320 e. The van der Waals surface area contributed by atoms with Gasteiger partial charge in [-0.05, 0) is 49.0 Å². The van der Waals surface area contributed by atoms with Crippen molar-refractivity contribution < 1.29 is 14.7 Å². The Morgan fingerprint density at radius 2 is 2.17 bits per heavy atom. The molecule has 2 N–H and O–H groups in total. The van der Waals surface area contributed by atoms with Gasteiger partial charge in [-0.25, -0.2) is 0 Å². The zero-order valence-electron chi connectivity index (χ0n) is 13.3. The summed E-state index contributed by atoms with van der Waals surface area (Å²) in [5.74, 6) is -0.508. The molecule has 1 amide bonds. The molecule has 1 spiro atoms. The monoisotopic (exact) mass is 336 g/mol. The van der Waals surface area contributed by atoms with Gasteiger partial charge in [0.1, 0.15) is 6.04 Å². The largest absolute Gasteiger partial charge is 0.480 e. The van der Waals surface area contributed by atoms with Crippen LogP contribution in [0.1, 0.15) is 37.0 Å². The van der Waals surface area contributed by atoms with E-state index in [2.05, 4.69) is 16.8 Å². The molecular formula is C17H24N2O3S. The van der Waals surface area contributed by atoms with Crippen LogP contribution in [0.3, 0.4) is 0 Å². The zero-order chi connectivity index (χ0) is 16.3. The van der Waals surface area contributed by atoms with Gasteiger partial charge in [0.2, 0.25) is 5.91 Å². The summed E-state index contributed by atoms with van der Waals surface area (Å²) in [6.07, 6.45) is 5.03. The van der Waals surface area contributed by atoms with Crippen molar-refractivity contribution in [2.75, 3.05) is 19.6 Å². The van der Waals surface area contributed by atoms with E-state index in [9.17, 15) is 9.59 Å². The predicted molar refractivity (Wildman–Crippen MR) is 89.5 cm³/mol. The fourth-order valence-corrected chi connectivity index (χ4v) is 4.48. The van der Waals surface area contributed by atoms with Gasteiger partial charge in [0.05, 0.1) is 0 Å². The van der Waals surface area contributed by atoms with E-state index in [1.54, 1.807) is 11.3 Å². The van der Waals surface area contributed by atoms with Crippen molar-refractivity contribution in [1.29, 1.82) is 0 Å². The Hall–Kier alpha value is -1.40. The molecule has 23 heavy (non-hydrogen) atoms. The van der Waals surface area contributed by atoms with Crippen molar-refractivity contribution in [3.05, 3.63) is 22.4 Å². The van der Waals surface area contributed by atoms with Gasteiger partial charge < -0.3 is 15.3 Å². The van der Waals surface area contributed by atoms with Crippen LogP contribution >= 0.6 is 11.3 Å². The van der Waals surface area contributed by atoms with Crippen LogP contribution < -0.4 is 5.32 Å². The molecule has 6 heteroatoms. The third kappa shape index (κ3) is 3.93. The standard InChI is InChI=1S/C17H24N2O3S/c20-15(5-1-3-13-4-2-10-23-13)19-8-6-17(7-9-19)11-14(16(21)22)18-12-17/h2,4,10,14,18H,1,3,5-9,11-12H2,(H,21,22)/t14-/m0/s1. The molecular weight excluding hydrogens is 312 g/mol. The fourth-order valence-electron chi connectivity index (χ4n) is 3.73. The predicted octanol–water partition coefficient (Wildman–Crippen LogP) is 2.13. The Balaban J connectivity index is 1.42. The van der Waals surface area contributed by atoms with Crippen molar-refractivity contribution in [2.24, 2.45) is 5.41 Å². The first-order chi connectivity index (χ1) is 11.1. The second kappa shape index (κ2) is 7.01. The maximum absolute atomic E-state index is 12.3. The van der Waals surface area contributed by atoms with Crippen LogP contribution in [0.2, 0.25) is 0 Å². The molecule has 1 aromatic rings. The van der Waals surface area contributed by atoms with E-state index < -0.39 is 12.0 Å². The van der Waals surface area contributed by atoms with E-state index >= 15 is 0 Å². The van der Waals surface area contributed by atoms with Crippen LogP contribution in [0, 0.1) is 5.41 Å². The van der Waals surface area contributed by atoms with E-state index in [0.717, 1.165) is 45.3 Å². The molecule has 2 saturated heterocycles. The minimum Gasteiger partial charge on any atom is -0.480 e. The first-order valence-corrected chi connectivity index (χ1v) is 9.22. The molecule has 126 valence electrons. The van der Waals surface area contributed by atoms with Crippen LogP contribution in [0.4, 0.5) is 0 Å². The number of carbonyl (C=O) groups is 2. The molecule has 0 unspecified atom stereocenters. The van der Waals surface area contributed by atoms with Crippen molar-refractivity contribution >= 4 is 23.2 Å². The van der Waals surface area contributed by atoms with Gasteiger partial charge in [0, 0.05) is 30.9 Å². The molecule has 0 aromatic carbocycles. The summed E-state index contributed by atoms with van der Waals surface area (Å²) in [6, 6.07) is 3.75. The minimum absolute atomic E-state index is 0.0802. The first kappa shape index (κ1) is 16.5. The number of hydrogen-bond acceptors (Lipinski definition) is 4. The molecule has 1 atom stereocenters. The lowest BCUT2D eigenvalue weighted by Crippen LogP contribution is -2.44. The van der Waals surface area contributed by atoms with Crippen LogP contribution in [-0.4, -0.2) is 47.6 Å². The topological polar surface area (TPSA) is 69.6 Å². The Labute approximate surface area is 140 Å². The van der Waals surface area contributed by atoms with Crippen LogP contribution in [0.5, 0.6) is 0 Å². The molecule has 0 radical (unpaired) electrons. The molecule has 1 aromatic heterocycles. The normalized spacial score (nSPS) is 23.3. The average molecular weight is 336 g/mol. The second-order valence-electron chi connectivity index (χ2n) is 6.79. The number of carbonyl (C=O) groups excluding carboxylic acids is 1. The lowest BCUT2D eigenvalue weighted by Gasteiger charge is -2.39. The Kier molecular flexibility index (Phi) is 5.02.